The first-order valence-electron chi connectivity index (χ1n) is 6.60. The van der Waals surface area contributed by atoms with Crippen molar-refractivity contribution in [3.05, 3.63) is 58.7 Å². The molecule has 22 heavy (non-hydrogen) atoms. The molecule has 2 heterocycles. The van der Waals surface area contributed by atoms with Crippen LogP contribution in [0.15, 0.2) is 41.1 Å². The van der Waals surface area contributed by atoms with Gasteiger partial charge in [0.2, 0.25) is 5.76 Å². The van der Waals surface area contributed by atoms with E-state index >= 15 is 0 Å². The third kappa shape index (κ3) is 2.73. The average molecular weight is 317 g/mol. The van der Waals surface area contributed by atoms with Crippen molar-refractivity contribution in [2.75, 3.05) is 5.32 Å². The molecule has 1 N–H and O–H groups in total. The van der Waals surface area contributed by atoms with Crippen LogP contribution in [0.5, 0.6) is 0 Å². The van der Waals surface area contributed by atoms with Crippen molar-refractivity contribution in [1.29, 1.82) is 0 Å². The molecule has 0 unspecified atom stereocenters. The number of benzene rings is 1. The van der Waals surface area contributed by atoms with Crippen LogP contribution in [0.1, 0.15) is 21.9 Å². The zero-order valence-corrected chi connectivity index (χ0v) is 12.8. The van der Waals surface area contributed by atoms with Crippen LogP contribution < -0.4 is 5.32 Å². The average Bonchev–Trinajstić information content (AvgIpc) is 3.06. The number of carbonyl (C=O) groups is 1. The summed E-state index contributed by atoms with van der Waals surface area (Å²) in [6, 6.07) is 8.89. The molecule has 1 amide bonds. The highest BCUT2D eigenvalue weighted by molar-refractivity contribution is 6.30. The summed E-state index contributed by atoms with van der Waals surface area (Å²) in [7, 11) is 0. The van der Waals surface area contributed by atoms with Crippen LogP contribution in [0.25, 0.3) is 5.69 Å². The number of halogens is 1. The number of carbonyl (C=O) groups excluding carboxylic acids is 1. The second-order valence-electron chi connectivity index (χ2n) is 4.82. The minimum Gasteiger partial charge on any atom is -0.351 e. The van der Waals surface area contributed by atoms with Gasteiger partial charge in [-0.1, -0.05) is 22.8 Å². The van der Waals surface area contributed by atoms with Crippen LogP contribution in [0.4, 0.5) is 5.69 Å². The predicted molar refractivity (Wildman–Crippen MR) is 82.5 cm³/mol. The Kier molecular flexibility index (Phi) is 3.68. The Morgan fingerprint density at radius 1 is 1.32 bits per heavy atom. The molecule has 0 saturated carbocycles. The summed E-state index contributed by atoms with van der Waals surface area (Å²) >= 11 is 5.99. The number of rotatable bonds is 3. The molecule has 0 aliphatic heterocycles. The van der Waals surface area contributed by atoms with Gasteiger partial charge in [0.05, 0.1) is 29.0 Å². The molecular weight excluding hydrogens is 304 g/mol. The maximum atomic E-state index is 12.1. The molecule has 112 valence electrons. The highest BCUT2D eigenvalue weighted by atomic mass is 35.5. The quantitative estimate of drug-likeness (QED) is 0.804. The number of amides is 1. The van der Waals surface area contributed by atoms with E-state index in [9.17, 15) is 4.79 Å². The summed E-state index contributed by atoms with van der Waals surface area (Å²) in [6.07, 6.45) is 1.58. The number of hydrogen-bond donors (Lipinski definition) is 1. The van der Waals surface area contributed by atoms with Gasteiger partial charge < -0.3 is 9.84 Å². The van der Waals surface area contributed by atoms with Crippen LogP contribution in [0.3, 0.4) is 0 Å². The Hall–Kier alpha value is -2.60. The molecule has 0 saturated heterocycles. The van der Waals surface area contributed by atoms with Crippen molar-refractivity contribution < 1.29 is 9.32 Å². The van der Waals surface area contributed by atoms with E-state index in [1.165, 1.54) is 0 Å². The van der Waals surface area contributed by atoms with Gasteiger partial charge in [-0.3, -0.25) is 4.79 Å². The minimum absolute atomic E-state index is 0.160. The lowest BCUT2D eigenvalue weighted by Crippen LogP contribution is -2.11. The lowest BCUT2D eigenvalue weighted by Gasteiger charge is -2.06. The van der Waals surface area contributed by atoms with E-state index in [-0.39, 0.29) is 11.7 Å². The van der Waals surface area contributed by atoms with Gasteiger partial charge in [-0.15, -0.1) is 0 Å². The Morgan fingerprint density at radius 2 is 2.14 bits per heavy atom. The van der Waals surface area contributed by atoms with E-state index in [1.54, 1.807) is 36.0 Å². The smallest absolute Gasteiger partial charge is 0.294 e. The lowest BCUT2D eigenvalue weighted by atomic mass is 10.3. The van der Waals surface area contributed by atoms with Crippen LogP contribution in [0.2, 0.25) is 5.02 Å². The largest absolute Gasteiger partial charge is 0.351 e. The van der Waals surface area contributed by atoms with Gasteiger partial charge in [-0.05, 0) is 32.0 Å². The van der Waals surface area contributed by atoms with Gasteiger partial charge in [0.15, 0.2) is 0 Å². The van der Waals surface area contributed by atoms with Gasteiger partial charge in [0, 0.05) is 11.1 Å². The Balaban J connectivity index is 1.86. The third-order valence-electron chi connectivity index (χ3n) is 3.16. The number of aryl methyl sites for hydroxylation is 1. The number of nitrogens with one attached hydrogen (secondary N) is 1. The van der Waals surface area contributed by atoms with Crippen molar-refractivity contribution in [2.45, 2.75) is 13.8 Å². The minimum atomic E-state index is -0.366. The zero-order chi connectivity index (χ0) is 15.7. The van der Waals surface area contributed by atoms with Gasteiger partial charge in [0.1, 0.15) is 0 Å². The predicted octanol–water partition coefficient (Wildman–Crippen LogP) is 3.38. The van der Waals surface area contributed by atoms with Crippen LogP contribution >= 0.6 is 11.6 Å². The molecular formula is C15H13ClN4O2. The van der Waals surface area contributed by atoms with Gasteiger partial charge >= 0.3 is 0 Å². The summed E-state index contributed by atoms with van der Waals surface area (Å²) in [6.45, 7) is 3.61. The van der Waals surface area contributed by atoms with E-state index in [1.807, 2.05) is 19.1 Å². The SMILES string of the molecule is Cc1cc(C(=O)Nc2cnn(-c3cccc(Cl)c3)c2C)on1. The van der Waals surface area contributed by atoms with E-state index in [4.69, 9.17) is 16.1 Å². The monoisotopic (exact) mass is 316 g/mol. The molecule has 3 rings (SSSR count). The fourth-order valence-electron chi connectivity index (χ4n) is 2.06. The standard InChI is InChI=1S/C15H13ClN4O2/c1-9-6-14(22-19-9)15(21)18-13-8-17-20(10(13)2)12-5-3-4-11(16)7-12/h3-8H,1-2H3,(H,18,21). The summed E-state index contributed by atoms with van der Waals surface area (Å²) in [5.74, 6) is -0.207. The molecule has 1 aromatic carbocycles. The second kappa shape index (κ2) is 5.65. The van der Waals surface area contributed by atoms with Crippen LogP contribution in [-0.2, 0) is 0 Å². The first kappa shape index (κ1) is 14.3. The normalized spacial score (nSPS) is 10.7. The summed E-state index contributed by atoms with van der Waals surface area (Å²) in [5, 5.41) is 11.3. The molecule has 0 aliphatic rings. The first-order valence-corrected chi connectivity index (χ1v) is 6.97. The van der Waals surface area contributed by atoms with Crippen molar-refractivity contribution in [2.24, 2.45) is 0 Å². The number of nitrogens with zero attached hydrogens (tertiary/aromatic N) is 3. The molecule has 0 spiro atoms. The van der Waals surface area contributed by atoms with Crippen molar-refractivity contribution in [3.63, 3.8) is 0 Å². The van der Waals surface area contributed by atoms with Crippen molar-refractivity contribution in [3.8, 4) is 5.69 Å². The number of hydrogen-bond acceptors (Lipinski definition) is 4. The topological polar surface area (TPSA) is 73.0 Å². The van der Waals surface area contributed by atoms with Gasteiger partial charge in [-0.2, -0.15) is 5.10 Å². The highest BCUT2D eigenvalue weighted by Gasteiger charge is 2.15. The molecule has 0 aliphatic carbocycles. The van der Waals surface area contributed by atoms with E-state index in [0.29, 0.717) is 16.4 Å². The maximum Gasteiger partial charge on any atom is 0.294 e. The van der Waals surface area contributed by atoms with E-state index in [2.05, 4.69) is 15.6 Å². The highest BCUT2D eigenvalue weighted by Crippen LogP contribution is 2.21. The lowest BCUT2D eigenvalue weighted by molar-refractivity contribution is 0.0988. The van der Waals surface area contributed by atoms with E-state index in [0.717, 1.165) is 11.4 Å². The first-order chi connectivity index (χ1) is 10.5. The fraction of sp³-hybridized carbons (Fsp3) is 0.133. The number of anilines is 1. The zero-order valence-electron chi connectivity index (χ0n) is 12.0. The van der Waals surface area contributed by atoms with E-state index < -0.39 is 0 Å². The number of aromatic nitrogens is 3. The van der Waals surface area contributed by atoms with Crippen molar-refractivity contribution >= 4 is 23.2 Å². The maximum absolute atomic E-state index is 12.1. The molecule has 7 heteroatoms. The molecule has 2 aromatic heterocycles. The van der Waals surface area contributed by atoms with Gasteiger partial charge in [-0.25, -0.2) is 4.68 Å². The summed E-state index contributed by atoms with van der Waals surface area (Å²) in [4.78, 5) is 12.1. The Labute approximate surface area is 131 Å². The van der Waals surface area contributed by atoms with Crippen LogP contribution in [0, 0.1) is 13.8 Å². The summed E-state index contributed by atoms with van der Waals surface area (Å²) in [5.41, 5.74) is 2.85. The molecule has 6 nitrogen and oxygen atoms in total. The molecule has 0 atom stereocenters. The second-order valence-corrected chi connectivity index (χ2v) is 5.26. The molecule has 3 aromatic rings. The van der Waals surface area contributed by atoms with Gasteiger partial charge in [0.25, 0.3) is 5.91 Å². The molecule has 0 fully saturated rings. The van der Waals surface area contributed by atoms with Crippen LogP contribution in [-0.4, -0.2) is 20.8 Å². The Bertz CT molecular complexity index is 838. The molecule has 0 radical (unpaired) electrons. The van der Waals surface area contributed by atoms with Crippen molar-refractivity contribution in [1.82, 2.24) is 14.9 Å². The third-order valence-corrected chi connectivity index (χ3v) is 3.40. The Morgan fingerprint density at radius 3 is 2.82 bits per heavy atom. The fourth-order valence-corrected chi connectivity index (χ4v) is 2.24. The molecule has 0 bridgehead atoms. The summed E-state index contributed by atoms with van der Waals surface area (Å²) < 4.78 is 6.64.